The standard InChI is InChI=1S/C45H28N4S/c1-2-11-30(12-3-1)43-46-44(31-23-21-29(22-24-31)34-16-10-17-38-37-15-6-9-20-41(37)50-42(34)38)48-45(47-43)32-25-27-33(28-26-32)49-39-18-7-4-13-35(39)36-14-5-8-19-40(36)49/h1-28H. The third-order valence-corrected chi connectivity index (χ3v) is 10.7. The average molecular weight is 657 g/mol. The predicted octanol–water partition coefficient (Wildman–Crippen LogP) is 12.0. The Morgan fingerprint density at radius 2 is 0.840 bits per heavy atom. The number of fused-ring (bicyclic) bond motifs is 6. The molecule has 0 aliphatic rings. The molecule has 7 aromatic carbocycles. The van der Waals surface area contributed by atoms with Gasteiger partial charge in [-0.15, -0.1) is 11.3 Å². The highest BCUT2D eigenvalue weighted by Crippen LogP contribution is 2.40. The van der Waals surface area contributed by atoms with E-state index in [-0.39, 0.29) is 0 Å². The first-order valence-electron chi connectivity index (χ1n) is 16.7. The minimum atomic E-state index is 0.641. The van der Waals surface area contributed by atoms with Crippen LogP contribution in [-0.4, -0.2) is 19.5 Å². The molecule has 0 atom stereocenters. The second-order valence-electron chi connectivity index (χ2n) is 12.4. The zero-order chi connectivity index (χ0) is 33.0. The molecule has 0 spiro atoms. The number of hydrogen-bond acceptors (Lipinski definition) is 4. The van der Waals surface area contributed by atoms with Crippen LogP contribution in [0.25, 0.3) is 93.0 Å². The maximum Gasteiger partial charge on any atom is 0.164 e. The van der Waals surface area contributed by atoms with E-state index in [1.165, 1.54) is 53.1 Å². The van der Waals surface area contributed by atoms with Gasteiger partial charge in [0.25, 0.3) is 0 Å². The van der Waals surface area contributed by atoms with E-state index in [9.17, 15) is 0 Å². The second-order valence-corrected chi connectivity index (χ2v) is 13.5. The molecule has 0 fully saturated rings. The molecular weight excluding hydrogens is 629 g/mol. The maximum atomic E-state index is 5.05. The lowest BCUT2D eigenvalue weighted by Gasteiger charge is -2.11. The van der Waals surface area contributed by atoms with E-state index >= 15 is 0 Å². The van der Waals surface area contributed by atoms with Crippen molar-refractivity contribution in [3.63, 3.8) is 0 Å². The third kappa shape index (κ3) is 4.71. The summed E-state index contributed by atoms with van der Waals surface area (Å²) in [5, 5.41) is 5.09. The van der Waals surface area contributed by atoms with Gasteiger partial charge < -0.3 is 4.57 Å². The van der Waals surface area contributed by atoms with Crippen LogP contribution in [0.5, 0.6) is 0 Å². The molecule has 0 radical (unpaired) electrons. The van der Waals surface area contributed by atoms with Gasteiger partial charge in [-0.3, -0.25) is 0 Å². The molecule has 0 saturated carbocycles. The van der Waals surface area contributed by atoms with Crippen molar-refractivity contribution in [1.82, 2.24) is 19.5 Å². The molecule has 4 nitrogen and oxygen atoms in total. The van der Waals surface area contributed by atoms with E-state index in [0.717, 1.165) is 22.4 Å². The van der Waals surface area contributed by atoms with Gasteiger partial charge in [0.1, 0.15) is 0 Å². The molecule has 10 rings (SSSR count). The SMILES string of the molecule is c1ccc(-c2nc(-c3ccc(-c4cccc5c4sc4ccccc45)cc3)nc(-c3ccc(-n4c5ccccc5c5ccccc54)cc3)n2)cc1. The summed E-state index contributed by atoms with van der Waals surface area (Å²) in [4.78, 5) is 15.0. The first kappa shape index (κ1) is 28.6. The van der Waals surface area contributed by atoms with Gasteiger partial charge in [-0.1, -0.05) is 127 Å². The quantitative estimate of drug-likeness (QED) is 0.185. The zero-order valence-electron chi connectivity index (χ0n) is 26.9. The Kier molecular flexibility index (Phi) is 6.64. The lowest BCUT2D eigenvalue weighted by molar-refractivity contribution is 1.07. The Hall–Kier alpha value is -6.43. The van der Waals surface area contributed by atoms with Crippen LogP contribution in [0.1, 0.15) is 0 Å². The first-order valence-corrected chi connectivity index (χ1v) is 17.5. The topological polar surface area (TPSA) is 43.6 Å². The fourth-order valence-corrected chi connectivity index (χ4v) is 8.32. The highest BCUT2D eigenvalue weighted by Gasteiger charge is 2.16. The van der Waals surface area contributed by atoms with Crippen molar-refractivity contribution in [1.29, 1.82) is 0 Å². The van der Waals surface area contributed by atoms with Crippen LogP contribution in [0.3, 0.4) is 0 Å². The summed E-state index contributed by atoms with van der Waals surface area (Å²) in [5.41, 5.74) is 8.69. The summed E-state index contributed by atoms with van der Waals surface area (Å²) >= 11 is 1.85. The number of aromatic nitrogens is 4. The third-order valence-electron chi connectivity index (χ3n) is 9.49. The minimum Gasteiger partial charge on any atom is -0.309 e. The molecule has 0 amide bonds. The Morgan fingerprint density at radius 3 is 1.48 bits per heavy atom. The van der Waals surface area contributed by atoms with E-state index in [1.807, 2.05) is 41.7 Å². The van der Waals surface area contributed by atoms with Crippen molar-refractivity contribution in [2.45, 2.75) is 0 Å². The average Bonchev–Trinajstić information content (AvgIpc) is 3.74. The van der Waals surface area contributed by atoms with Crippen molar-refractivity contribution in [3.8, 4) is 51.0 Å². The molecule has 0 aliphatic heterocycles. The van der Waals surface area contributed by atoms with E-state index in [4.69, 9.17) is 15.0 Å². The Balaban J connectivity index is 1.06. The molecule has 5 heteroatoms. The van der Waals surface area contributed by atoms with Gasteiger partial charge in [-0.05, 0) is 53.6 Å². The number of thiophene rings is 1. The fourth-order valence-electron chi connectivity index (χ4n) is 7.08. The van der Waals surface area contributed by atoms with Gasteiger partial charge in [-0.25, -0.2) is 15.0 Å². The Morgan fingerprint density at radius 1 is 0.360 bits per heavy atom. The number of benzene rings is 7. The molecule has 234 valence electrons. The summed E-state index contributed by atoms with van der Waals surface area (Å²) in [6.45, 7) is 0. The van der Waals surface area contributed by atoms with Gasteiger partial charge in [0.15, 0.2) is 17.5 Å². The molecule has 0 unspecified atom stereocenters. The minimum absolute atomic E-state index is 0.641. The van der Waals surface area contributed by atoms with Crippen molar-refractivity contribution in [2.24, 2.45) is 0 Å². The summed E-state index contributed by atoms with van der Waals surface area (Å²) in [7, 11) is 0. The van der Waals surface area contributed by atoms with E-state index in [1.54, 1.807) is 0 Å². The van der Waals surface area contributed by atoms with Crippen molar-refractivity contribution >= 4 is 53.3 Å². The van der Waals surface area contributed by atoms with Gasteiger partial charge in [-0.2, -0.15) is 0 Å². The summed E-state index contributed by atoms with van der Waals surface area (Å²) in [5.74, 6) is 1.94. The fraction of sp³-hybridized carbons (Fsp3) is 0. The van der Waals surface area contributed by atoms with E-state index < -0.39 is 0 Å². The van der Waals surface area contributed by atoms with Gasteiger partial charge >= 0.3 is 0 Å². The largest absolute Gasteiger partial charge is 0.309 e. The van der Waals surface area contributed by atoms with Crippen LogP contribution in [0.2, 0.25) is 0 Å². The first-order chi connectivity index (χ1) is 24.8. The monoisotopic (exact) mass is 656 g/mol. The van der Waals surface area contributed by atoms with Crippen LogP contribution in [0, 0.1) is 0 Å². The molecule has 0 N–H and O–H groups in total. The van der Waals surface area contributed by atoms with Gasteiger partial charge in [0, 0.05) is 53.3 Å². The van der Waals surface area contributed by atoms with Crippen LogP contribution in [0.15, 0.2) is 170 Å². The molecular formula is C45H28N4S. The molecule has 0 saturated heterocycles. The van der Waals surface area contributed by atoms with Crippen molar-refractivity contribution < 1.29 is 0 Å². The van der Waals surface area contributed by atoms with Crippen LogP contribution in [-0.2, 0) is 0 Å². The normalized spacial score (nSPS) is 11.6. The number of para-hydroxylation sites is 2. The molecule has 0 bridgehead atoms. The Bertz CT molecular complexity index is 2800. The number of rotatable bonds is 5. The highest BCUT2D eigenvalue weighted by molar-refractivity contribution is 7.26. The van der Waals surface area contributed by atoms with Crippen molar-refractivity contribution in [3.05, 3.63) is 170 Å². The highest BCUT2D eigenvalue weighted by atomic mass is 32.1. The zero-order valence-corrected chi connectivity index (χ0v) is 27.7. The van der Waals surface area contributed by atoms with Gasteiger partial charge in [0.2, 0.25) is 0 Å². The molecule has 3 heterocycles. The molecule has 10 aromatic rings. The smallest absolute Gasteiger partial charge is 0.164 e. The van der Waals surface area contributed by atoms with Gasteiger partial charge in [0.05, 0.1) is 11.0 Å². The summed E-state index contributed by atoms with van der Waals surface area (Å²) in [6, 6.07) is 59.7. The van der Waals surface area contributed by atoms with Crippen LogP contribution < -0.4 is 0 Å². The van der Waals surface area contributed by atoms with Crippen LogP contribution >= 0.6 is 11.3 Å². The number of hydrogen-bond donors (Lipinski definition) is 0. The molecule has 3 aromatic heterocycles. The van der Waals surface area contributed by atoms with Crippen molar-refractivity contribution in [2.75, 3.05) is 0 Å². The Labute approximate surface area is 292 Å². The lowest BCUT2D eigenvalue weighted by Crippen LogP contribution is -2.00. The molecule has 50 heavy (non-hydrogen) atoms. The van der Waals surface area contributed by atoms with E-state index in [0.29, 0.717) is 17.5 Å². The van der Waals surface area contributed by atoms with Crippen LogP contribution in [0.4, 0.5) is 0 Å². The van der Waals surface area contributed by atoms with E-state index in [2.05, 4.69) is 144 Å². The maximum absolute atomic E-state index is 5.05. The molecule has 0 aliphatic carbocycles. The summed E-state index contributed by atoms with van der Waals surface area (Å²) < 4.78 is 4.93. The second kappa shape index (κ2) is 11.6. The number of nitrogens with zero attached hydrogens (tertiary/aromatic N) is 4. The summed E-state index contributed by atoms with van der Waals surface area (Å²) in [6.07, 6.45) is 0. The predicted molar refractivity (Wildman–Crippen MR) is 209 cm³/mol. The lowest BCUT2D eigenvalue weighted by atomic mass is 10.0.